The average molecular weight is 971 g/mol. The van der Waals surface area contributed by atoms with Gasteiger partial charge in [-0.05, 0) is 82.5 Å². The van der Waals surface area contributed by atoms with E-state index in [-0.39, 0.29) is 15.9 Å². The first-order valence-electron chi connectivity index (χ1n) is 25.4. The van der Waals surface area contributed by atoms with E-state index >= 15 is 0 Å². The fourth-order valence-corrected chi connectivity index (χ4v) is 19.9. The molecule has 2 aromatic heterocycles. The fraction of sp³-hybridized carbons (Fsp3) is 0.373. The lowest BCUT2D eigenvalue weighted by Gasteiger charge is -2.44. The summed E-state index contributed by atoms with van der Waals surface area (Å²) in [7, 11) is -1.29. The van der Waals surface area contributed by atoms with Gasteiger partial charge in [-0.2, -0.15) is 5.10 Å². The molecule has 0 bridgehead atoms. The number of benzene rings is 5. The number of nitrogens with zero attached hydrogens (tertiary/aromatic N) is 5. The molecule has 0 saturated heterocycles. The maximum Gasteiger partial charge on any atom is 0.261 e. The second-order valence-electron chi connectivity index (χ2n) is 21.2. The molecule has 5 aromatic carbocycles. The van der Waals surface area contributed by atoms with Gasteiger partial charge in [0.15, 0.2) is 5.78 Å². The van der Waals surface area contributed by atoms with Gasteiger partial charge in [-0.3, -0.25) is 19.4 Å². The molecule has 7 aromatic rings. The second-order valence-corrected chi connectivity index (χ2v) is 29.8. The number of anilines is 1. The molecular weight excluding hydrogens is 897 g/mol. The summed E-state index contributed by atoms with van der Waals surface area (Å²) in [4.78, 5) is 23.3. The van der Waals surface area contributed by atoms with Gasteiger partial charge >= 0.3 is 0 Å². The third-order valence-corrected chi connectivity index (χ3v) is 24.3. The lowest BCUT2D eigenvalue weighted by Crippen LogP contribution is -2.67. The highest BCUT2D eigenvalue weighted by Crippen LogP contribution is 2.42. The maximum atomic E-state index is 14.1. The standard InChI is InChI=1S/C59H74N6O3Si2/c1-58(2,3)69(46-25-15-11-16-26-46,47-27-17-12-18-28-47)67-43-41-64(42-44-68-70(59(4,5)6,48-29-19-13-20-30-48)49-31-21-14-22-32-49)38-24-10-9-23-36-61-52-33-34-53-55-54(52)57(66)50-35-37-60-45-51(50)56(55)62-65(53)40-39-63(7)8/h11-22,25-35,37,45,61H,9-10,23-24,36,38-44H2,1-8H3. The summed E-state index contributed by atoms with van der Waals surface area (Å²) in [6, 6.07) is 49.9. The number of hydrogen-bond donors (Lipinski definition) is 1. The first-order valence-corrected chi connectivity index (χ1v) is 29.2. The van der Waals surface area contributed by atoms with E-state index in [0.717, 1.165) is 98.4 Å². The fourth-order valence-electron chi connectivity index (χ4n) is 10.8. The van der Waals surface area contributed by atoms with Gasteiger partial charge in [-0.1, -0.05) is 176 Å². The molecule has 0 amide bonds. The van der Waals surface area contributed by atoms with E-state index in [4.69, 9.17) is 14.0 Å². The molecule has 366 valence electrons. The van der Waals surface area contributed by atoms with Crippen LogP contribution in [-0.4, -0.2) is 107 Å². The highest BCUT2D eigenvalue weighted by atomic mass is 28.4. The second kappa shape index (κ2) is 22.3. The van der Waals surface area contributed by atoms with Crippen molar-refractivity contribution in [3.63, 3.8) is 0 Å². The molecule has 0 aliphatic heterocycles. The highest BCUT2D eigenvalue weighted by molar-refractivity contribution is 7.00. The average Bonchev–Trinajstić information content (AvgIpc) is 3.74. The summed E-state index contributed by atoms with van der Waals surface area (Å²) < 4.78 is 17.0. The molecule has 11 heteroatoms. The predicted molar refractivity (Wildman–Crippen MR) is 295 cm³/mol. The number of aromatic nitrogens is 3. The Kier molecular flexibility index (Phi) is 16.2. The van der Waals surface area contributed by atoms with Gasteiger partial charge in [-0.25, -0.2) is 0 Å². The number of carbonyl (C=O) groups is 1. The molecule has 1 aliphatic rings. The van der Waals surface area contributed by atoms with Crippen molar-refractivity contribution in [1.29, 1.82) is 0 Å². The quantitative estimate of drug-likeness (QED) is 0.0502. The van der Waals surface area contributed by atoms with Crippen LogP contribution in [0.5, 0.6) is 0 Å². The van der Waals surface area contributed by atoms with Crippen LogP contribution in [-0.2, 0) is 15.4 Å². The monoisotopic (exact) mass is 971 g/mol. The van der Waals surface area contributed by atoms with Crippen LogP contribution >= 0.6 is 0 Å². The topological polar surface area (TPSA) is 84.8 Å². The number of rotatable bonds is 23. The summed E-state index contributed by atoms with van der Waals surface area (Å²) in [6.07, 6.45) is 7.71. The van der Waals surface area contributed by atoms with Crippen LogP contribution in [0.15, 0.2) is 152 Å². The summed E-state index contributed by atoms with van der Waals surface area (Å²) in [5.41, 5.74) is 4.89. The van der Waals surface area contributed by atoms with Gasteiger partial charge in [0, 0.05) is 74.0 Å². The van der Waals surface area contributed by atoms with Crippen LogP contribution < -0.4 is 26.1 Å². The summed E-state index contributed by atoms with van der Waals surface area (Å²) in [5, 5.41) is 14.7. The van der Waals surface area contributed by atoms with Crippen molar-refractivity contribution in [3.8, 4) is 11.3 Å². The van der Waals surface area contributed by atoms with E-state index in [1.807, 2.05) is 10.7 Å². The third kappa shape index (κ3) is 10.6. The van der Waals surface area contributed by atoms with Gasteiger partial charge in [-0.15, -0.1) is 0 Å². The lowest BCUT2D eigenvalue weighted by molar-refractivity contribution is 0.104. The zero-order valence-corrected chi connectivity index (χ0v) is 44.9. The Balaban J connectivity index is 0.970. The zero-order valence-electron chi connectivity index (χ0n) is 42.9. The van der Waals surface area contributed by atoms with E-state index in [2.05, 4.69) is 209 Å². The van der Waals surface area contributed by atoms with E-state index in [1.54, 1.807) is 12.4 Å². The smallest absolute Gasteiger partial charge is 0.261 e. The molecule has 0 fully saturated rings. The van der Waals surface area contributed by atoms with Gasteiger partial charge in [0.25, 0.3) is 16.6 Å². The Morgan fingerprint density at radius 1 is 0.586 bits per heavy atom. The molecule has 70 heavy (non-hydrogen) atoms. The minimum absolute atomic E-state index is 0.0306. The molecule has 0 saturated carbocycles. The molecule has 0 atom stereocenters. The molecule has 0 radical (unpaired) electrons. The third-order valence-electron chi connectivity index (χ3n) is 14.2. The van der Waals surface area contributed by atoms with Crippen molar-refractivity contribution in [2.24, 2.45) is 0 Å². The Morgan fingerprint density at radius 3 is 1.57 bits per heavy atom. The number of hydrogen-bond acceptors (Lipinski definition) is 8. The Labute approximate surface area is 419 Å². The van der Waals surface area contributed by atoms with Gasteiger partial charge in [0.1, 0.15) is 5.69 Å². The Hall–Kier alpha value is -5.54. The molecule has 1 N–H and O–H groups in total. The highest BCUT2D eigenvalue weighted by Gasteiger charge is 2.51. The number of ketones is 1. The Bertz CT molecular complexity index is 2600. The van der Waals surface area contributed by atoms with E-state index < -0.39 is 16.6 Å². The van der Waals surface area contributed by atoms with E-state index in [1.165, 1.54) is 20.7 Å². The molecule has 0 spiro atoms. The van der Waals surface area contributed by atoms with Gasteiger partial charge in [0.05, 0.1) is 17.6 Å². The summed E-state index contributed by atoms with van der Waals surface area (Å²) in [6.45, 7) is 20.3. The number of likely N-dealkylation sites (N-methyl/N-ethyl adjacent to an activating group) is 1. The maximum absolute atomic E-state index is 14.1. The van der Waals surface area contributed by atoms with E-state index in [0.29, 0.717) is 18.8 Å². The van der Waals surface area contributed by atoms with Crippen molar-refractivity contribution in [1.82, 2.24) is 24.6 Å². The summed E-state index contributed by atoms with van der Waals surface area (Å²) in [5.74, 6) is 0.0306. The number of unbranched alkanes of at least 4 members (excludes halogenated alkanes) is 3. The van der Waals surface area contributed by atoms with Crippen molar-refractivity contribution in [2.45, 2.75) is 83.8 Å². The Morgan fingerprint density at radius 2 is 1.09 bits per heavy atom. The first-order chi connectivity index (χ1) is 33.8. The molecule has 0 unspecified atom stereocenters. The lowest BCUT2D eigenvalue weighted by atomic mass is 9.87. The van der Waals surface area contributed by atoms with Crippen LogP contribution in [0, 0.1) is 0 Å². The molecule has 2 heterocycles. The zero-order chi connectivity index (χ0) is 49.4. The molecule has 8 rings (SSSR count). The van der Waals surface area contributed by atoms with Crippen molar-refractivity contribution in [2.75, 3.05) is 65.3 Å². The SMILES string of the molecule is CN(C)CCn1nc2c3c(c(NCCCCCCN(CCO[Si](c4ccccc4)(c4ccccc4)C(C)(C)C)CCO[Si](c4ccccc4)(c4ccccc4)C(C)(C)C)ccc31)C(=O)c1ccncc1-2. The minimum atomic E-state index is -2.71. The number of carbonyl (C=O) groups excluding carboxylic acids is 1. The normalized spacial score (nSPS) is 13.1. The largest absolute Gasteiger partial charge is 0.406 e. The van der Waals surface area contributed by atoms with Crippen LogP contribution in [0.2, 0.25) is 10.1 Å². The minimum Gasteiger partial charge on any atom is -0.406 e. The van der Waals surface area contributed by atoms with Crippen molar-refractivity contribution in [3.05, 3.63) is 163 Å². The van der Waals surface area contributed by atoms with Crippen molar-refractivity contribution >= 4 is 59.8 Å². The predicted octanol–water partition coefficient (Wildman–Crippen LogP) is 9.63. The molecule has 9 nitrogen and oxygen atoms in total. The van der Waals surface area contributed by atoms with Crippen LogP contribution in [0.1, 0.15) is 83.1 Å². The molecular formula is C59H74N6O3Si2. The number of nitrogens with one attached hydrogen (secondary N) is 1. The van der Waals surface area contributed by atoms with Crippen LogP contribution in [0.4, 0.5) is 5.69 Å². The van der Waals surface area contributed by atoms with Crippen LogP contribution in [0.25, 0.3) is 22.2 Å². The van der Waals surface area contributed by atoms with Gasteiger partial charge < -0.3 is 19.1 Å². The molecule has 1 aliphatic carbocycles. The van der Waals surface area contributed by atoms with Crippen molar-refractivity contribution < 1.29 is 13.6 Å². The first kappa shape index (κ1) is 50.8. The summed E-state index contributed by atoms with van der Waals surface area (Å²) >= 11 is 0. The number of fused-ring (bicyclic) bond motifs is 2. The number of pyridine rings is 1. The van der Waals surface area contributed by atoms with Crippen LogP contribution in [0.3, 0.4) is 0 Å². The van der Waals surface area contributed by atoms with Gasteiger partial charge in [0.2, 0.25) is 0 Å². The van der Waals surface area contributed by atoms with E-state index in [9.17, 15) is 4.79 Å².